The second-order valence-electron chi connectivity index (χ2n) is 5.98. The molecular formula is C17H15F3N4O3. The number of halogens is 3. The third-order valence-electron chi connectivity index (χ3n) is 3.84. The number of carbonyl (C=O) groups is 2. The summed E-state index contributed by atoms with van der Waals surface area (Å²) in [4.78, 5) is 28.8. The summed E-state index contributed by atoms with van der Waals surface area (Å²) in [6, 6.07) is 2.48. The van der Waals surface area contributed by atoms with Crippen LogP contribution in [0.1, 0.15) is 16.1 Å². The summed E-state index contributed by atoms with van der Waals surface area (Å²) in [5.41, 5.74) is -0.894. The second-order valence-corrected chi connectivity index (χ2v) is 5.98. The number of likely N-dealkylation sites (N-methyl/N-ethyl adjacent to an activating group) is 1. The Hall–Kier alpha value is -3.30. The molecule has 27 heavy (non-hydrogen) atoms. The first-order valence-electron chi connectivity index (χ1n) is 7.77. The number of alkyl halides is 3. The molecular weight excluding hydrogens is 365 g/mol. The Bertz CT molecular complexity index is 991. The molecule has 0 saturated carbocycles. The van der Waals surface area contributed by atoms with Crippen molar-refractivity contribution in [1.82, 2.24) is 19.6 Å². The number of carbonyl (C=O) groups excluding carboxylic acids is 2. The van der Waals surface area contributed by atoms with Crippen molar-refractivity contribution in [3.8, 4) is 11.1 Å². The predicted molar refractivity (Wildman–Crippen MR) is 88.9 cm³/mol. The van der Waals surface area contributed by atoms with Gasteiger partial charge in [0.25, 0.3) is 5.91 Å². The van der Waals surface area contributed by atoms with Crippen molar-refractivity contribution < 1.29 is 27.2 Å². The van der Waals surface area contributed by atoms with Gasteiger partial charge in [0.05, 0.1) is 24.6 Å². The molecule has 0 radical (unpaired) electrons. The number of hydrogen-bond donors (Lipinski definition) is 1. The SMILES string of the molecule is CN(C)C(=O)CNC(=O)c1cn2cc(-c3ccoc3)cc(C(F)(F)F)c2n1. The average molecular weight is 380 g/mol. The monoisotopic (exact) mass is 380 g/mol. The molecule has 0 bridgehead atoms. The molecule has 0 atom stereocenters. The Labute approximate surface area is 151 Å². The Morgan fingerprint density at radius 2 is 2.00 bits per heavy atom. The molecule has 0 aromatic carbocycles. The fourth-order valence-electron chi connectivity index (χ4n) is 2.41. The first kappa shape index (κ1) is 18.5. The summed E-state index contributed by atoms with van der Waals surface area (Å²) < 4.78 is 46.4. The van der Waals surface area contributed by atoms with Gasteiger partial charge in [0.1, 0.15) is 11.3 Å². The normalized spacial score (nSPS) is 11.6. The van der Waals surface area contributed by atoms with Crippen molar-refractivity contribution in [1.29, 1.82) is 0 Å². The van der Waals surface area contributed by atoms with Gasteiger partial charge in [-0.25, -0.2) is 4.98 Å². The van der Waals surface area contributed by atoms with Crippen LogP contribution in [0.4, 0.5) is 13.2 Å². The lowest BCUT2D eigenvalue weighted by Crippen LogP contribution is -2.36. The highest BCUT2D eigenvalue weighted by atomic mass is 19.4. The molecule has 0 aliphatic rings. The number of pyridine rings is 1. The fourth-order valence-corrected chi connectivity index (χ4v) is 2.41. The van der Waals surface area contributed by atoms with E-state index in [-0.39, 0.29) is 23.7 Å². The summed E-state index contributed by atoms with van der Waals surface area (Å²) in [5.74, 6) is -1.10. The second kappa shape index (κ2) is 6.78. The van der Waals surface area contributed by atoms with E-state index in [0.717, 1.165) is 10.5 Å². The molecule has 3 aromatic heterocycles. The molecule has 10 heteroatoms. The zero-order chi connectivity index (χ0) is 19.8. The Balaban J connectivity index is 2.00. The van der Waals surface area contributed by atoms with Crippen LogP contribution in [0.2, 0.25) is 0 Å². The molecule has 3 aromatic rings. The van der Waals surface area contributed by atoms with Crippen molar-refractivity contribution in [3.63, 3.8) is 0 Å². The van der Waals surface area contributed by atoms with Gasteiger partial charge in [-0.05, 0) is 12.1 Å². The summed E-state index contributed by atoms with van der Waals surface area (Å²) in [5, 5.41) is 2.34. The van der Waals surface area contributed by atoms with E-state index in [2.05, 4.69) is 10.3 Å². The highest BCUT2D eigenvalue weighted by Crippen LogP contribution is 2.35. The van der Waals surface area contributed by atoms with Crippen LogP contribution < -0.4 is 5.32 Å². The van der Waals surface area contributed by atoms with Crippen molar-refractivity contribution in [2.24, 2.45) is 0 Å². The van der Waals surface area contributed by atoms with Gasteiger partial charge in [0.2, 0.25) is 5.91 Å². The number of aromatic nitrogens is 2. The van der Waals surface area contributed by atoms with Gasteiger partial charge in [-0.1, -0.05) is 0 Å². The summed E-state index contributed by atoms with van der Waals surface area (Å²) >= 11 is 0. The van der Waals surface area contributed by atoms with Gasteiger partial charge in [0.15, 0.2) is 0 Å². The maximum absolute atomic E-state index is 13.5. The van der Waals surface area contributed by atoms with Gasteiger partial charge < -0.3 is 19.0 Å². The maximum Gasteiger partial charge on any atom is 0.420 e. The fraction of sp³-hybridized carbons (Fsp3) is 0.235. The third kappa shape index (κ3) is 3.78. The third-order valence-corrected chi connectivity index (χ3v) is 3.84. The van der Waals surface area contributed by atoms with Crippen LogP contribution in [0.15, 0.2) is 41.5 Å². The number of fused-ring (bicyclic) bond motifs is 1. The Morgan fingerprint density at radius 3 is 2.59 bits per heavy atom. The first-order chi connectivity index (χ1) is 12.7. The number of furan rings is 1. The van der Waals surface area contributed by atoms with Gasteiger partial charge in [-0.3, -0.25) is 9.59 Å². The summed E-state index contributed by atoms with van der Waals surface area (Å²) in [6.07, 6.45) is 0.606. The number of amides is 2. The van der Waals surface area contributed by atoms with E-state index in [1.807, 2.05) is 0 Å². The molecule has 142 valence electrons. The van der Waals surface area contributed by atoms with E-state index < -0.39 is 23.3 Å². The zero-order valence-electron chi connectivity index (χ0n) is 14.4. The van der Waals surface area contributed by atoms with Crippen molar-refractivity contribution in [3.05, 3.63) is 48.3 Å². The summed E-state index contributed by atoms with van der Waals surface area (Å²) in [7, 11) is 3.04. The molecule has 0 spiro atoms. The molecule has 0 unspecified atom stereocenters. The molecule has 0 saturated heterocycles. The molecule has 7 nitrogen and oxygen atoms in total. The molecule has 0 aliphatic heterocycles. The summed E-state index contributed by atoms with van der Waals surface area (Å²) in [6.45, 7) is -0.286. The van der Waals surface area contributed by atoms with Crippen LogP contribution >= 0.6 is 0 Å². The van der Waals surface area contributed by atoms with Gasteiger partial charge in [-0.2, -0.15) is 13.2 Å². The van der Waals surface area contributed by atoms with Gasteiger partial charge in [-0.15, -0.1) is 0 Å². The van der Waals surface area contributed by atoms with Crippen LogP contribution in [0.3, 0.4) is 0 Å². The highest BCUT2D eigenvalue weighted by molar-refractivity contribution is 5.95. The first-order valence-corrected chi connectivity index (χ1v) is 7.77. The molecule has 3 heterocycles. The predicted octanol–water partition coefficient (Wildman–Crippen LogP) is 2.43. The quantitative estimate of drug-likeness (QED) is 0.754. The number of nitrogens with one attached hydrogen (secondary N) is 1. The van der Waals surface area contributed by atoms with E-state index in [1.54, 1.807) is 0 Å². The Kier molecular flexibility index (Phi) is 4.64. The van der Waals surface area contributed by atoms with E-state index >= 15 is 0 Å². The topological polar surface area (TPSA) is 79.9 Å². The van der Waals surface area contributed by atoms with Gasteiger partial charge >= 0.3 is 6.18 Å². The van der Waals surface area contributed by atoms with Crippen LogP contribution in [0, 0.1) is 0 Å². The minimum absolute atomic E-state index is 0.226. The van der Waals surface area contributed by atoms with Crippen LogP contribution in [0.25, 0.3) is 16.8 Å². The molecule has 3 rings (SSSR count). The minimum Gasteiger partial charge on any atom is -0.472 e. The van der Waals surface area contributed by atoms with E-state index in [0.29, 0.717) is 5.56 Å². The lowest BCUT2D eigenvalue weighted by molar-refractivity contribution is -0.136. The Morgan fingerprint density at radius 1 is 1.26 bits per heavy atom. The van der Waals surface area contributed by atoms with Crippen molar-refractivity contribution >= 4 is 17.5 Å². The van der Waals surface area contributed by atoms with Crippen LogP contribution in [0.5, 0.6) is 0 Å². The smallest absolute Gasteiger partial charge is 0.420 e. The van der Waals surface area contributed by atoms with Gasteiger partial charge in [0, 0.05) is 37.6 Å². The number of rotatable bonds is 4. The highest BCUT2D eigenvalue weighted by Gasteiger charge is 2.35. The molecule has 1 N–H and O–H groups in total. The van der Waals surface area contributed by atoms with Crippen molar-refractivity contribution in [2.45, 2.75) is 6.18 Å². The number of hydrogen-bond acceptors (Lipinski definition) is 4. The standard InChI is InChI=1S/C17H15F3N4O3/c1-23(2)14(25)6-21-16(26)13-8-24-7-11(10-3-4-27-9-10)5-12(15(24)22-13)17(18,19)20/h3-5,7-9H,6H2,1-2H3,(H,21,26). The van der Waals surface area contributed by atoms with Crippen LogP contribution in [-0.4, -0.2) is 46.7 Å². The number of imidazole rings is 1. The zero-order valence-corrected chi connectivity index (χ0v) is 14.4. The average Bonchev–Trinajstić information content (AvgIpc) is 3.26. The molecule has 0 aliphatic carbocycles. The van der Waals surface area contributed by atoms with Crippen molar-refractivity contribution in [2.75, 3.05) is 20.6 Å². The number of nitrogens with zero attached hydrogens (tertiary/aromatic N) is 3. The van der Waals surface area contributed by atoms with Crippen LogP contribution in [-0.2, 0) is 11.0 Å². The lowest BCUT2D eigenvalue weighted by Gasteiger charge is -2.10. The molecule has 2 amide bonds. The van der Waals surface area contributed by atoms with E-state index in [4.69, 9.17) is 4.42 Å². The molecule has 0 fully saturated rings. The lowest BCUT2D eigenvalue weighted by atomic mass is 10.1. The minimum atomic E-state index is -4.67. The van der Waals surface area contributed by atoms with E-state index in [1.165, 1.54) is 50.0 Å². The maximum atomic E-state index is 13.5. The largest absolute Gasteiger partial charge is 0.472 e. The van der Waals surface area contributed by atoms with E-state index in [9.17, 15) is 22.8 Å².